The number of carboxylic acid groups (broad SMARTS) is 1. The molecule has 0 aliphatic rings. The first-order valence-corrected chi connectivity index (χ1v) is 7.63. The molecule has 1 amide bonds. The third-order valence-corrected chi connectivity index (χ3v) is 3.64. The molecule has 0 fully saturated rings. The Morgan fingerprint density at radius 2 is 1.71 bits per heavy atom. The van der Waals surface area contributed by atoms with Crippen LogP contribution >= 0.6 is 0 Å². The summed E-state index contributed by atoms with van der Waals surface area (Å²) in [4.78, 5) is 23.4. The normalized spacial score (nSPS) is 11.3. The number of hydrogen-bond acceptors (Lipinski definition) is 3. The van der Waals surface area contributed by atoms with Gasteiger partial charge in [-0.05, 0) is 29.7 Å². The number of carboxylic acids is 1. The van der Waals surface area contributed by atoms with Crippen LogP contribution in [-0.2, 0) is 22.4 Å². The van der Waals surface area contributed by atoms with Gasteiger partial charge in [0.1, 0.15) is 6.04 Å². The number of carbonyl (C=O) groups is 2. The molecule has 24 heavy (non-hydrogen) atoms. The number of carbonyl (C=O) groups excluding carboxylic acids is 1. The van der Waals surface area contributed by atoms with E-state index < -0.39 is 12.0 Å². The van der Waals surface area contributed by atoms with Gasteiger partial charge in [0.05, 0.1) is 11.6 Å². The second kappa shape index (κ2) is 8.49. The highest BCUT2D eigenvalue weighted by Crippen LogP contribution is 2.08. The lowest BCUT2D eigenvalue weighted by atomic mass is 10.0. The largest absolute Gasteiger partial charge is 0.480 e. The predicted octanol–water partition coefficient (Wildman–Crippen LogP) is 2.30. The summed E-state index contributed by atoms with van der Waals surface area (Å²) in [5, 5.41) is 20.6. The average Bonchev–Trinajstić information content (AvgIpc) is 2.61. The third kappa shape index (κ3) is 5.25. The quantitative estimate of drug-likeness (QED) is 0.818. The van der Waals surface area contributed by atoms with Crippen molar-refractivity contribution >= 4 is 11.9 Å². The van der Waals surface area contributed by atoms with Crippen molar-refractivity contribution < 1.29 is 14.7 Å². The van der Waals surface area contributed by atoms with E-state index in [0.29, 0.717) is 12.0 Å². The van der Waals surface area contributed by atoms with Crippen LogP contribution in [0.25, 0.3) is 0 Å². The molecule has 0 saturated carbocycles. The van der Waals surface area contributed by atoms with Crippen molar-refractivity contribution in [2.45, 2.75) is 25.3 Å². The van der Waals surface area contributed by atoms with Gasteiger partial charge < -0.3 is 10.4 Å². The molecule has 2 rings (SSSR count). The molecule has 0 unspecified atom stereocenters. The molecule has 5 heteroatoms. The smallest absolute Gasteiger partial charge is 0.326 e. The summed E-state index contributed by atoms with van der Waals surface area (Å²) in [7, 11) is 0. The summed E-state index contributed by atoms with van der Waals surface area (Å²) in [5.74, 6) is -1.37. The lowest BCUT2D eigenvalue weighted by Gasteiger charge is -2.14. The standard InChI is InChI=1S/C19H18N2O3/c20-13-16-8-6-15(7-9-16)12-17(19(23)24)21-18(22)11-10-14-4-2-1-3-5-14/h1-9,17H,10-12H2,(H,21,22)(H,23,24)/t17-/m1/s1. The summed E-state index contributed by atoms with van der Waals surface area (Å²) in [6, 6.07) is 17.2. The molecular formula is C19H18N2O3. The fourth-order valence-corrected chi connectivity index (χ4v) is 2.32. The van der Waals surface area contributed by atoms with Gasteiger partial charge in [-0.25, -0.2) is 4.79 Å². The monoisotopic (exact) mass is 322 g/mol. The minimum Gasteiger partial charge on any atom is -0.480 e. The highest BCUT2D eigenvalue weighted by Gasteiger charge is 2.20. The van der Waals surface area contributed by atoms with Gasteiger partial charge in [-0.3, -0.25) is 4.79 Å². The maximum Gasteiger partial charge on any atom is 0.326 e. The summed E-state index contributed by atoms with van der Waals surface area (Å²) >= 11 is 0. The number of nitriles is 1. The van der Waals surface area contributed by atoms with Gasteiger partial charge in [0.25, 0.3) is 0 Å². The van der Waals surface area contributed by atoms with Gasteiger partial charge in [0, 0.05) is 12.8 Å². The fourth-order valence-electron chi connectivity index (χ4n) is 2.32. The Morgan fingerprint density at radius 1 is 1.04 bits per heavy atom. The molecule has 0 saturated heterocycles. The zero-order valence-corrected chi connectivity index (χ0v) is 13.1. The van der Waals surface area contributed by atoms with Crippen LogP contribution in [0, 0.1) is 11.3 Å². The van der Waals surface area contributed by atoms with E-state index >= 15 is 0 Å². The van der Waals surface area contributed by atoms with E-state index in [4.69, 9.17) is 5.26 Å². The van der Waals surface area contributed by atoms with E-state index in [-0.39, 0.29) is 18.7 Å². The van der Waals surface area contributed by atoms with E-state index in [9.17, 15) is 14.7 Å². The number of amides is 1. The Morgan fingerprint density at radius 3 is 2.29 bits per heavy atom. The third-order valence-electron chi connectivity index (χ3n) is 3.64. The van der Waals surface area contributed by atoms with E-state index in [1.165, 1.54) is 0 Å². The van der Waals surface area contributed by atoms with Crippen molar-refractivity contribution in [1.82, 2.24) is 5.32 Å². The van der Waals surface area contributed by atoms with E-state index in [1.807, 2.05) is 36.4 Å². The Kier molecular flexibility index (Phi) is 6.09. The van der Waals surface area contributed by atoms with Gasteiger partial charge in [0.15, 0.2) is 0 Å². The van der Waals surface area contributed by atoms with Crippen molar-refractivity contribution in [2.24, 2.45) is 0 Å². The molecular weight excluding hydrogens is 304 g/mol. The first kappa shape index (κ1) is 17.2. The summed E-state index contributed by atoms with van der Waals surface area (Å²) in [5.41, 5.74) is 2.30. The molecule has 0 aliphatic carbocycles. The van der Waals surface area contributed by atoms with Crippen molar-refractivity contribution in [2.75, 3.05) is 0 Å². The first-order valence-electron chi connectivity index (χ1n) is 7.63. The van der Waals surface area contributed by atoms with Gasteiger partial charge in [-0.15, -0.1) is 0 Å². The van der Waals surface area contributed by atoms with Crippen molar-refractivity contribution in [3.8, 4) is 6.07 Å². The molecule has 0 bridgehead atoms. The SMILES string of the molecule is N#Cc1ccc(C[C@@H](NC(=O)CCc2ccccc2)C(=O)O)cc1. The second-order valence-corrected chi connectivity index (χ2v) is 5.46. The number of aliphatic carboxylic acids is 1. The molecule has 0 radical (unpaired) electrons. The fraction of sp³-hybridized carbons (Fsp3) is 0.211. The number of rotatable bonds is 7. The predicted molar refractivity (Wildman–Crippen MR) is 89.2 cm³/mol. The summed E-state index contributed by atoms with van der Waals surface area (Å²) in [6.07, 6.45) is 0.981. The Labute approximate surface area is 140 Å². The summed E-state index contributed by atoms with van der Waals surface area (Å²) < 4.78 is 0. The molecule has 1 atom stereocenters. The Hall–Kier alpha value is -3.13. The second-order valence-electron chi connectivity index (χ2n) is 5.46. The topological polar surface area (TPSA) is 90.2 Å². The number of nitrogens with zero attached hydrogens (tertiary/aromatic N) is 1. The maximum atomic E-state index is 12.0. The molecule has 2 N–H and O–H groups in total. The molecule has 0 aliphatic heterocycles. The number of nitrogens with one attached hydrogen (secondary N) is 1. The van der Waals surface area contributed by atoms with E-state index in [0.717, 1.165) is 11.1 Å². The highest BCUT2D eigenvalue weighted by atomic mass is 16.4. The molecule has 2 aromatic rings. The van der Waals surface area contributed by atoms with Crippen LogP contribution in [0.1, 0.15) is 23.1 Å². The van der Waals surface area contributed by atoms with E-state index in [2.05, 4.69) is 5.32 Å². The molecule has 0 heterocycles. The molecule has 2 aromatic carbocycles. The van der Waals surface area contributed by atoms with Crippen LogP contribution in [0.4, 0.5) is 0 Å². The maximum absolute atomic E-state index is 12.0. The highest BCUT2D eigenvalue weighted by molar-refractivity contribution is 5.83. The van der Waals surface area contributed by atoms with Crippen molar-refractivity contribution in [3.05, 3.63) is 71.3 Å². The molecule has 0 aromatic heterocycles. The van der Waals surface area contributed by atoms with Crippen LogP contribution < -0.4 is 5.32 Å². The first-order chi connectivity index (χ1) is 11.6. The lowest BCUT2D eigenvalue weighted by molar-refractivity contribution is -0.141. The van der Waals surface area contributed by atoms with Crippen LogP contribution in [-0.4, -0.2) is 23.0 Å². The number of benzene rings is 2. The average molecular weight is 322 g/mol. The van der Waals surface area contributed by atoms with Crippen LogP contribution in [0.2, 0.25) is 0 Å². The minimum absolute atomic E-state index is 0.179. The summed E-state index contributed by atoms with van der Waals surface area (Å²) in [6.45, 7) is 0. The van der Waals surface area contributed by atoms with Gasteiger partial charge in [-0.2, -0.15) is 5.26 Å². The number of aryl methyl sites for hydroxylation is 1. The Balaban J connectivity index is 1.91. The van der Waals surface area contributed by atoms with Gasteiger partial charge >= 0.3 is 5.97 Å². The van der Waals surface area contributed by atoms with Crippen LogP contribution in [0.15, 0.2) is 54.6 Å². The Bertz CT molecular complexity index is 733. The van der Waals surface area contributed by atoms with Crippen LogP contribution in [0.5, 0.6) is 0 Å². The molecule has 0 spiro atoms. The van der Waals surface area contributed by atoms with E-state index in [1.54, 1.807) is 24.3 Å². The lowest BCUT2D eigenvalue weighted by Crippen LogP contribution is -2.42. The minimum atomic E-state index is -1.08. The number of hydrogen-bond donors (Lipinski definition) is 2. The van der Waals surface area contributed by atoms with Gasteiger partial charge in [0.2, 0.25) is 5.91 Å². The molecule has 5 nitrogen and oxygen atoms in total. The van der Waals surface area contributed by atoms with Crippen molar-refractivity contribution in [1.29, 1.82) is 5.26 Å². The van der Waals surface area contributed by atoms with Crippen molar-refractivity contribution in [3.63, 3.8) is 0 Å². The zero-order valence-electron chi connectivity index (χ0n) is 13.1. The van der Waals surface area contributed by atoms with Crippen LogP contribution in [0.3, 0.4) is 0 Å². The zero-order chi connectivity index (χ0) is 17.4. The van der Waals surface area contributed by atoms with Gasteiger partial charge in [-0.1, -0.05) is 42.5 Å². The molecule has 122 valence electrons.